The van der Waals surface area contributed by atoms with Gasteiger partial charge in [0.1, 0.15) is 21.8 Å². The molecule has 0 saturated carbocycles. The van der Waals surface area contributed by atoms with E-state index < -0.39 is 0 Å². The Morgan fingerprint density at radius 1 is 1.17 bits per heavy atom. The summed E-state index contributed by atoms with van der Waals surface area (Å²) in [4.78, 5) is 32.6. The number of β-amino-alcohol motifs (C(OH)–C–C–N with tert-alkyl or cyclic N) is 1. The summed E-state index contributed by atoms with van der Waals surface area (Å²) in [5, 5.41) is 18.9. The van der Waals surface area contributed by atoms with Gasteiger partial charge in [0, 0.05) is 45.3 Å². The first-order valence-electron chi connectivity index (χ1n) is 11.4. The number of rotatable bonds is 6. The number of hydrogen-bond acceptors (Lipinski definition) is 8. The number of aromatic nitrogens is 1. The standard InChI is InChI=1S/C25H27N5O3S2/c1-17-19(14-21-24(33)30(25(34)35-21)16-18-6-4-3-5-7-18)22(27(2)23(32)20(17)15-26)29-10-8-28(9-11-29)12-13-31/h3-7,14,31H,8-13,16H2,1-2H3/b21-14-. The second-order valence-corrected chi connectivity index (χ2v) is 10.2. The van der Waals surface area contributed by atoms with Crippen LogP contribution in [0.5, 0.6) is 0 Å². The number of pyridine rings is 1. The molecule has 2 fully saturated rings. The van der Waals surface area contributed by atoms with Gasteiger partial charge < -0.3 is 10.0 Å². The zero-order valence-corrected chi connectivity index (χ0v) is 21.4. The molecule has 0 aliphatic carbocycles. The number of piperazine rings is 1. The van der Waals surface area contributed by atoms with Gasteiger partial charge in [0.2, 0.25) is 0 Å². The number of benzene rings is 1. The minimum Gasteiger partial charge on any atom is -0.395 e. The lowest BCUT2D eigenvalue weighted by molar-refractivity contribution is -0.122. The molecule has 1 amide bonds. The van der Waals surface area contributed by atoms with Crippen LogP contribution in [-0.2, 0) is 18.4 Å². The molecular weight excluding hydrogens is 482 g/mol. The van der Waals surface area contributed by atoms with Crippen molar-refractivity contribution >= 4 is 46.1 Å². The molecule has 182 valence electrons. The number of carbonyl (C=O) groups excluding carboxylic acids is 1. The second-order valence-electron chi connectivity index (χ2n) is 8.52. The maximum absolute atomic E-state index is 13.3. The molecule has 2 aliphatic rings. The van der Waals surface area contributed by atoms with Crippen molar-refractivity contribution in [3.8, 4) is 6.07 Å². The van der Waals surface area contributed by atoms with Crippen molar-refractivity contribution in [2.75, 3.05) is 44.2 Å². The number of aliphatic hydroxyl groups is 1. The van der Waals surface area contributed by atoms with E-state index in [-0.39, 0.29) is 23.6 Å². The number of anilines is 1. The van der Waals surface area contributed by atoms with Crippen molar-refractivity contribution in [1.82, 2.24) is 14.4 Å². The number of aliphatic hydroxyl groups excluding tert-OH is 1. The fourth-order valence-corrected chi connectivity index (χ4v) is 5.69. The molecule has 10 heteroatoms. The predicted octanol–water partition coefficient (Wildman–Crippen LogP) is 2.08. The SMILES string of the molecule is Cc1c(/C=C2\SC(=S)N(Cc3ccccc3)C2=O)c(N2CCN(CCO)CC2)n(C)c(=O)c1C#N. The van der Waals surface area contributed by atoms with Crippen LogP contribution >= 0.6 is 24.0 Å². The lowest BCUT2D eigenvalue weighted by Crippen LogP contribution is -2.49. The highest BCUT2D eigenvalue weighted by atomic mass is 32.2. The Balaban J connectivity index is 1.73. The van der Waals surface area contributed by atoms with Crippen LogP contribution in [0, 0.1) is 18.3 Å². The van der Waals surface area contributed by atoms with E-state index in [1.807, 2.05) is 36.4 Å². The first-order chi connectivity index (χ1) is 16.8. The van der Waals surface area contributed by atoms with Gasteiger partial charge in [-0.1, -0.05) is 54.3 Å². The van der Waals surface area contributed by atoms with Crippen molar-refractivity contribution < 1.29 is 9.90 Å². The number of carbonyl (C=O) groups is 1. The highest BCUT2D eigenvalue weighted by Gasteiger charge is 2.33. The van der Waals surface area contributed by atoms with Crippen LogP contribution in [0.25, 0.3) is 6.08 Å². The summed E-state index contributed by atoms with van der Waals surface area (Å²) < 4.78 is 1.98. The average Bonchev–Trinajstić information content (AvgIpc) is 3.12. The number of thiocarbonyl (C=S) groups is 1. The van der Waals surface area contributed by atoms with Crippen molar-refractivity contribution in [3.05, 3.63) is 67.8 Å². The number of nitrogens with zero attached hydrogens (tertiary/aromatic N) is 5. The average molecular weight is 510 g/mol. The van der Waals surface area contributed by atoms with Crippen molar-refractivity contribution in [1.29, 1.82) is 5.26 Å². The van der Waals surface area contributed by atoms with Crippen molar-refractivity contribution in [2.45, 2.75) is 13.5 Å². The van der Waals surface area contributed by atoms with E-state index in [2.05, 4.69) is 9.80 Å². The van der Waals surface area contributed by atoms with Gasteiger partial charge in [0.15, 0.2) is 0 Å². The number of amides is 1. The van der Waals surface area contributed by atoms with Crippen LogP contribution in [-0.4, -0.2) is 69.0 Å². The molecule has 0 radical (unpaired) electrons. The molecule has 2 saturated heterocycles. The van der Waals surface area contributed by atoms with Crippen LogP contribution in [0.4, 0.5) is 5.82 Å². The Hall–Kier alpha value is -2.97. The Morgan fingerprint density at radius 3 is 2.49 bits per heavy atom. The lowest BCUT2D eigenvalue weighted by atomic mass is 10.0. The number of nitriles is 1. The topological polar surface area (TPSA) is 92.8 Å². The molecule has 4 rings (SSSR count). The number of hydrogen-bond donors (Lipinski definition) is 1. The minimum atomic E-state index is -0.355. The quantitative estimate of drug-likeness (QED) is 0.468. The molecule has 2 aromatic rings. The lowest BCUT2D eigenvalue weighted by Gasteiger charge is -2.37. The largest absolute Gasteiger partial charge is 0.395 e. The first-order valence-corrected chi connectivity index (χ1v) is 12.6. The van der Waals surface area contributed by atoms with Crippen LogP contribution in [0.1, 0.15) is 22.3 Å². The van der Waals surface area contributed by atoms with Crippen LogP contribution in [0.3, 0.4) is 0 Å². The molecule has 35 heavy (non-hydrogen) atoms. The van der Waals surface area contributed by atoms with E-state index in [4.69, 9.17) is 12.2 Å². The maximum Gasteiger partial charge on any atom is 0.270 e. The van der Waals surface area contributed by atoms with Crippen molar-refractivity contribution in [3.63, 3.8) is 0 Å². The molecule has 1 aromatic carbocycles. The normalized spacial score (nSPS) is 17.9. The molecule has 1 N–H and O–H groups in total. The summed E-state index contributed by atoms with van der Waals surface area (Å²) in [6, 6.07) is 11.7. The van der Waals surface area contributed by atoms with E-state index in [0.717, 1.165) is 18.7 Å². The fraction of sp³-hybridized carbons (Fsp3) is 0.360. The van der Waals surface area contributed by atoms with Gasteiger partial charge in [-0.3, -0.25) is 24.0 Å². The summed E-state index contributed by atoms with van der Waals surface area (Å²) in [7, 11) is 1.66. The first kappa shape index (κ1) is 25.1. The van der Waals surface area contributed by atoms with E-state index in [1.54, 1.807) is 24.9 Å². The molecular formula is C25H27N5O3S2. The highest BCUT2D eigenvalue weighted by Crippen LogP contribution is 2.36. The summed E-state index contributed by atoms with van der Waals surface area (Å²) >= 11 is 6.75. The van der Waals surface area contributed by atoms with E-state index in [1.165, 1.54) is 16.3 Å². The third-order valence-corrected chi connectivity index (χ3v) is 7.77. The zero-order valence-electron chi connectivity index (χ0n) is 19.7. The van der Waals surface area contributed by atoms with Crippen molar-refractivity contribution in [2.24, 2.45) is 7.05 Å². The van der Waals surface area contributed by atoms with Gasteiger partial charge in [-0.15, -0.1) is 0 Å². The number of thioether (sulfide) groups is 1. The molecule has 0 spiro atoms. The molecule has 0 unspecified atom stereocenters. The van der Waals surface area contributed by atoms with Gasteiger partial charge in [0.25, 0.3) is 11.5 Å². The monoisotopic (exact) mass is 509 g/mol. The Kier molecular flexibility index (Phi) is 7.72. The summed E-state index contributed by atoms with van der Waals surface area (Å²) in [6.45, 7) is 5.66. The minimum absolute atomic E-state index is 0.0705. The molecule has 0 atom stereocenters. The molecule has 3 heterocycles. The van der Waals surface area contributed by atoms with Gasteiger partial charge in [-0.25, -0.2) is 0 Å². The van der Waals surface area contributed by atoms with E-state index in [9.17, 15) is 20.0 Å². The third-order valence-electron chi connectivity index (χ3n) is 6.39. The zero-order chi connectivity index (χ0) is 25.1. The van der Waals surface area contributed by atoms with Gasteiger partial charge in [0.05, 0.1) is 18.1 Å². The summed E-state index contributed by atoms with van der Waals surface area (Å²) in [5.41, 5.74) is 1.93. The predicted molar refractivity (Wildman–Crippen MR) is 142 cm³/mol. The third kappa shape index (κ3) is 5.04. The Morgan fingerprint density at radius 2 is 1.86 bits per heavy atom. The van der Waals surface area contributed by atoms with E-state index >= 15 is 0 Å². The summed E-state index contributed by atoms with van der Waals surface area (Å²) in [5.74, 6) is 0.498. The Labute approximate surface area is 214 Å². The van der Waals surface area contributed by atoms with Crippen LogP contribution in [0.2, 0.25) is 0 Å². The van der Waals surface area contributed by atoms with E-state index in [0.29, 0.717) is 52.3 Å². The molecule has 8 nitrogen and oxygen atoms in total. The molecule has 1 aromatic heterocycles. The highest BCUT2D eigenvalue weighted by molar-refractivity contribution is 8.26. The smallest absolute Gasteiger partial charge is 0.270 e. The summed E-state index contributed by atoms with van der Waals surface area (Å²) in [6.07, 6.45) is 1.77. The second kappa shape index (κ2) is 10.7. The van der Waals surface area contributed by atoms with Gasteiger partial charge >= 0.3 is 0 Å². The molecule has 2 aliphatic heterocycles. The van der Waals surface area contributed by atoms with Gasteiger partial charge in [-0.2, -0.15) is 5.26 Å². The van der Waals surface area contributed by atoms with Crippen LogP contribution in [0.15, 0.2) is 40.0 Å². The fourth-order valence-electron chi connectivity index (χ4n) is 4.45. The Bertz CT molecular complexity index is 1270. The van der Waals surface area contributed by atoms with Crippen LogP contribution < -0.4 is 10.5 Å². The molecule has 0 bridgehead atoms. The van der Waals surface area contributed by atoms with Gasteiger partial charge in [-0.05, 0) is 24.1 Å². The maximum atomic E-state index is 13.3.